The molecule has 0 spiro atoms. The molecule has 2 heterocycles. The van der Waals surface area contributed by atoms with E-state index in [1.807, 2.05) is 13.1 Å². The van der Waals surface area contributed by atoms with Crippen molar-refractivity contribution in [3.05, 3.63) is 38.4 Å². The second kappa shape index (κ2) is 6.97. The van der Waals surface area contributed by atoms with Gasteiger partial charge in [-0.25, -0.2) is 15.8 Å². The number of anilines is 1. The summed E-state index contributed by atoms with van der Waals surface area (Å²) in [4.78, 5) is 21.9. The summed E-state index contributed by atoms with van der Waals surface area (Å²) in [5.74, 6) is 5.46. The lowest BCUT2D eigenvalue weighted by Crippen LogP contribution is -2.28. The number of nitrogens with zero attached hydrogens (tertiary/aromatic N) is 2. The molecule has 4 N–H and O–H groups in total. The third-order valence-electron chi connectivity index (χ3n) is 2.87. The van der Waals surface area contributed by atoms with Gasteiger partial charge in [0, 0.05) is 21.7 Å². The Hall–Kier alpha value is -1.51. The summed E-state index contributed by atoms with van der Waals surface area (Å²) in [5, 5.41) is 3.78. The maximum Gasteiger partial charge on any atom is 0.255 e. The minimum Gasteiger partial charge on any atom is -0.343 e. The Labute approximate surface area is 135 Å². The van der Waals surface area contributed by atoms with Gasteiger partial charge in [-0.15, -0.1) is 11.3 Å². The van der Waals surface area contributed by atoms with E-state index in [9.17, 15) is 4.79 Å². The van der Waals surface area contributed by atoms with Gasteiger partial charge in [0.25, 0.3) is 5.91 Å². The molecule has 2 aromatic heterocycles. The highest BCUT2D eigenvalue weighted by Gasteiger charge is 2.18. The van der Waals surface area contributed by atoms with Gasteiger partial charge >= 0.3 is 0 Å². The fourth-order valence-electron chi connectivity index (χ4n) is 1.75. The second-order valence-electron chi connectivity index (χ2n) is 4.41. The minimum absolute atomic E-state index is 0.174. The van der Waals surface area contributed by atoms with E-state index in [1.165, 1.54) is 4.88 Å². The summed E-state index contributed by atoms with van der Waals surface area (Å²) in [6.07, 6.45) is 4.36. The Morgan fingerprint density at radius 2 is 2.24 bits per heavy atom. The van der Waals surface area contributed by atoms with E-state index in [-0.39, 0.29) is 11.9 Å². The van der Waals surface area contributed by atoms with Gasteiger partial charge in [-0.1, -0.05) is 6.92 Å². The van der Waals surface area contributed by atoms with Crippen molar-refractivity contribution >= 4 is 39.0 Å². The topological polar surface area (TPSA) is 92.9 Å². The highest BCUT2D eigenvalue weighted by molar-refractivity contribution is 9.10. The number of amides is 1. The molecule has 2 rings (SSSR count). The molecule has 2 aromatic rings. The summed E-state index contributed by atoms with van der Waals surface area (Å²) in [7, 11) is 0. The molecule has 1 atom stereocenters. The van der Waals surface area contributed by atoms with Crippen molar-refractivity contribution < 1.29 is 4.79 Å². The van der Waals surface area contributed by atoms with Gasteiger partial charge in [0.2, 0.25) is 0 Å². The number of nitrogens with one attached hydrogen (secondary N) is 2. The number of pyridine rings is 1. The van der Waals surface area contributed by atoms with Crippen LogP contribution >= 0.6 is 27.3 Å². The monoisotopic (exact) mass is 369 g/mol. The zero-order valence-electron chi connectivity index (χ0n) is 11.7. The number of hydrogen-bond acceptors (Lipinski definition) is 6. The van der Waals surface area contributed by atoms with E-state index in [4.69, 9.17) is 5.84 Å². The summed E-state index contributed by atoms with van der Waals surface area (Å²) in [6, 6.07) is 1.50. The zero-order valence-corrected chi connectivity index (χ0v) is 14.1. The molecule has 0 aliphatic heterocycles. The predicted molar refractivity (Wildman–Crippen MR) is 87.1 cm³/mol. The van der Waals surface area contributed by atoms with E-state index in [0.29, 0.717) is 15.9 Å². The van der Waals surface area contributed by atoms with Gasteiger partial charge in [0.05, 0.1) is 11.6 Å². The summed E-state index contributed by atoms with van der Waals surface area (Å²) in [5.41, 5.74) is 2.80. The number of nitrogens with two attached hydrogens (primary N) is 1. The van der Waals surface area contributed by atoms with Crippen molar-refractivity contribution in [2.45, 2.75) is 26.3 Å². The van der Waals surface area contributed by atoms with Crippen LogP contribution in [-0.4, -0.2) is 15.9 Å². The molecule has 0 aromatic carbocycles. The number of thiazole rings is 1. The molecule has 8 heteroatoms. The fourth-order valence-corrected chi connectivity index (χ4v) is 2.94. The Morgan fingerprint density at radius 3 is 2.86 bits per heavy atom. The lowest BCUT2D eigenvalue weighted by atomic mass is 10.2. The molecule has 21 heavy (non-hydrogen) atoms. The van der Waals surface area contributed by atoms with Gasteiger partial charge in [-0.3, -0.25) is 4.79 Å². The van der Waals surface area contributed by atoms with Crippen molar-refractivity contribution in [1.29, 1.82) is 0 Å². The van der Waals surface area contributed by atoms with E-state index in [1.54, 1.807) is 23.6 Å². The summed E-state index contributed by atoms with van der Waals surface area (Å²) >= 11 is 4.90. The van der Waals surface area contributed by atoms with Gasteiger partial charge < -0.3 is 10.7 Å². The maximum absolute atomic E-state index is 12.3. The number of halogens is 1. The Bertz CT molecular complexity index is 645. The van der Waals surface area contributed by atoms with Crippen molar-refractivity contribution in [2.24, 2.45) is 5.84 Å². The first-order valence-electron chi connectivity index (χ1n) is 6.42. The Kier molecular flexibility index (Phi) is 5.27. The molecule has 0 bridgehead atoms. The average Bonchev–Trinajstić information content (AvgIpc) is 2.96. The smallest absolute Gasteiger partial charge is 0.255 e. The van der Waals surface area contributed by atoms with Crippen LogP contribution in [0.4, 0.5) is 5.82 Å². The van der Waals surface area contributed by atoms with Crippen LogP contribution in [0.2, 0.25) is 0 Å². The first kappa shape index (κ1) is 15.9. The van der Waals surface area contributed by atoms with Crippen LogP contribution in [0, 0.1) is 0 Å². The number of hydrogen-bond donors (Lipinski definition) is 3. The molecule has 0 aliphatic rings. The van der Waals surface area contributed by atoms with Crippen molar-refractivity contribution in [2.75, 3.05) is 5.43 Å². The second-order valence-corrected chi connectivity index (χ2v) is 6.47. The molecule has 1 unspecified atom stereocenters. The predicted octanol–water partition coefficient (Wildman–Crippen LogP) is 2.64. The van der Waals surface area contributed by atoms with E-state index in [2.05, 4.69) is 43.6 Å². The van der Waals surface area contributed by atoms with Crippen LogP contribution in [0.25, 0.3) is 0 Å². The van der Waals surface area contributed by atoms with Crippen LogP contribution in [0.3, 0.4) is 0 Å². The highest BCUT2D eigenvalue weighted by atomic mass is 79.9. The van der Waals surface area contributed by atoms with Crippen molar-refractivity contribution in [1.82, 2.24) is 15.3 Å². The number of aryl methyl sites for hydroxylation is 1. The molecule has 0 radical (unpaired) electrons. The van der Waals surface area contributed by atoms with Crippen molar-refractivity contribution in [3.8, 4) is 0 Å². The van der Waals surface area contributed by atoms with Gasteiger partial charge in [0.1, 0.15) is 5.01 Å². The molecule has 0 fully saturated rings. The van der Waals surface area contributed by atoms with Gasteiger partial charge in [0.15, 0.2) is 5.82 Å². The normalized spacial score (nSPS) is 12.0. The number of carbonyl (C=O) groups is 1. The van der Waals surface area contributed by atoms with Gasteiger partial charge in [-0.05, 0) is 35.3 Å². The Morgan fingerprint density at radius 1 is 1.48 bits per heavy atom. The number of rotatable bonds is 5. The van der Waals surface area contributed by atoms with Crippen LogP contribution in [0.5, 0.6) is 0 Å². The van der Waals surface area contributed by atoms with Gasteiger partial charge in [-0.2, -0.15) is 0 Å². The average molecular weight is 370 g/mol. The first-order valence-corrected chi connectivity index (χ1v) is 8.03. The summed E-state index contributed by atoms with van der Waals surface area (Å²) in [6.45, 7) is 3.98. The third-order valence-corrected chi connectivity index (χ3v) is 4.63. The molecule has 1 amide bonds. The summed E-state index contributed by atoms with van der Waals surface area (Å²) < 4.78 is 0.710. The standard InChI is InChI=1S/C13H16BrN5OS/c1-3-9-6-17-13(21-9)7(2)18-12(20)10-4-8(14)5-16-11(10)19-15/h4-7H,3,15H2,1-2H3,(H,16,19)(H,18,20). The quantitative estimate of drug-likeness (QED) is 0.556. The molecule has 6 nitrogen and oxygen atoms in total. The highest BCUT2D eigenvalue weighted by Crippen LogP contribution is 2.22. The van der Waals surface area contributed by atoms with Crippen LogP contribution < -0.4 is 16.6 Å². The molecular formula is C13H16BrN5OS. The number of aromatic nitrogens is 2. The van der Waals surface area contributed by atoms with E-state index < -0.39 is 0 Å². The SMILES string of the molecule is CCc1cnc(C(C)NC(=O)c2cc(Br)cnc2NN)s1. The largest absolute Gasteiger partial charge is 0.343 e. The van der Waals surface area contributed by atoms with E-state index in [0.717, 1.165) is 11.4 Å². The van der Waals surface area contributed by atoms with Crippen LogP contribution in [-0.2, 0) is 6.42 Å². The van der Waals surface area contributed by atoms with E-state index >= 15 is 0 Å². The minimum atomic E-state index is -0.252. The lowest BCUT2D eigenvalue weighted by molar-refractivity contribution is 0.0940. The van der Waals surface area contributed by atoms with Crippen LogP contribution in [0.15, 0.2) is 22.9 Å². The zero-order chi connectivity index (χ0) is 15.4. The Balaban J connectivity index is 2.15. The first-order chi connectivity index (χ1) is 10.0. The molecule has 0 saturated carbocycles. The van der Waals surface area contributed by atoms with Crippen LogP contribution in [0.1, 0.15) is 40.1 Å². The van der Waals surface area contributed by atoms with Crippen molar-refractivity contribution in [3.63, 3.8) is 0 Å². The molecular weight excluding hydrogens is 354 g/mol. The lowest BCUT2D eigenvalue weighted by Gasteiger charge is -2.13. The molecule has 0 saturated heterocycles. The maximum atomic E-state index is 12.3. The number of carbonyl (C=O) groups excluding carboxylic acids is 1. The number of hydrazine groups is 1. The fraction of sp³-hybridized carbons (Fsp3) is 0.308. The molecule has 0 aliphatic carbocycles. The number of nitrogen functional groups attached to an aromatic ring is 1. The third kappa shape index (κ3) is 3.78. The molecule has 112 valence electrons.